The molecule has 0 heterocycles. The van der Waals surface area contributed by atoms with E-state index in [1.54, 1.807) is 19.1 Å². The van der Waals surface area contributed by atoms with Gasteiger partial charge in [0.15, 0.2) is 0 Å². The van der Waals surface area contributed by atoms with E-state index >= 15 is 0 Å². The molecule has 0 bridgehead atoms. The summed E-state index contributed by atoms with van der Waals surface area (Å²) in [4.78, 5) is 0.180. The molecule has 1 atom stereocenters. The van der Waals surface area contributed by atoms with Crippen LogP contribution in [0.25, 0.3) is 0 Å². The van der Waals surface area contributed by atoms with Gasteiger partial charge in [-0.05, 0) is 25.1 Å². The van der Waals surface area contributed by atoms with Gasteiger partial charge in [-0.25, -0.2) is 13.1 Å². The van der Waals surface area contributed by atoms with E-state index < -0.39 is 10.0 Å². The van der Waals surface area contributed by atoms with Crippen LogP contribution in [0.15, 0.2) is 29.2 Å². The molecule has 19 heavy (non-hydrogen) atoms. The smallest absolute Gasteiger partial charge is 0.240 e. The molecule has 0 aliphatic carbocycles. The number of nitrogens with one attached hydrogen (secondary N) is 1. The van der Waals surface area contributed by atoms with Gasteiger partial charge in [-0.15, -0.1) is 0 Å². The van der Waals surface area contributed by atoms with Crippen LogP contribution in [0.1, 0.15) is 12.5 Å². The highest BCUT2D eigenvalue weighted by Crippen LogP contribution is 2.10. The molecular weight excluding hydrogens is 264 g/mol. The molecule has 5 nitrogen and oxygen atoms in total. The van der Waals surface area contributed by atoms with Crippen molar-refractivity contribution < 1.29 is 13.2 Å². The van der Waals surface area contributed by atoms with Crippen LogP contribution in [-0.2, 0) is 14.8 Å². The number of hydrogen-bond donors (Lipinski definition) is 2. The number of methoxy groups -OCH3 is 1. The van der Waals surface area contributed by atoms with Crippen molar-refractivity contribution in [1.82, 2.24) is 4.72 Å². The molecule has 104 valence electrons. The SMILES string of the molecule is COC(C)CNS(=O)(=O)c1cccc(C#CCN)c1. The van der Waals surface area contributed by atoms with Crippen LogP contribution in [0, 0.1) is 11.8 Å². The molecule has 0 amide bonds. The van der Waals surface area contributed by atoms with Crippen molar-refractivity contribution >= 4 is 10.0 Å². The molecule has 0 fully saturated rings. The predicted octanol–water partition coefficient (Wildman–Crippen LogP) is 0.310. The monoisotopic (exact) mass is 282 g/mol. The van der Waals surface area contributed by atoms with Crippen LogP contribution in [0.3, 0.4) is 0 Å². The Morgan fingerprint density at radius 3 is 2.84 bits per heavy atom. The highest BCUT2D eigenvalue weighted by molar-refractivity contribution is 7.89. The quantitative estimate of drug-likeness (QED) is 0.762. The second-order valence-corrected chi connectivity index (χ2v) is 5.70. The number of benzene rings is 1. The van der Waals surface area contributed by atoms with E-state index in [-0.39, 0.29) is 24.1 Å². The standard InChI is InChI=1S/C13H18N2O3S/c1-11(18-2)10-15-19(16,17)13-7-3-5-12(9-13)6-4-8-14/h3,5,7,9,11,15H,8,10,14H2,1-2H3. The molecule has 0 saturated carbocycles. The average molecular weight is 282 g/mol. The zero-order chi connectivity index (χ0) is 14.3. The summed E-state index contributed by atoms with van der Waals surface area (Å²) in [5.41, 5.74) is 5.90. The summed E-state index contributed by atoms with van der Waals surface area (Å²) in [7, 11) is -2.01. The van der Waals surface area contributed by atoms with Crippen LogP contribution in [0.2, 0.25) is 0 Å². The minimum absolute atomic E-state index is 0.180. The van der Waals surface area contributed by atoms with Crippen molar-refractivity contribution in [2.24, 2.45) is 5.73 Å². The molecule has 6 heteroatoms. The maximum atomic E-state index is 12.0. The molecule has 1 aromatic carbocycles. The van der Waals surface area contributed by atoms with Crippen molar-refractivity contribution in [3.63, 3.8) is 0 Å². The Bertz CT molecular complexity index is 573. The van der Waals surface area contributed by atoms with Crippen molar-refractivity contribution in [2.75, 3.05) is 20.2 Å². The number of hydrogen-bond acceptors (Lipinski definition) is 4. The largest absolute Gasteiger partial charge is 0.380 e. The van der Waals surface area contributed by atoms with E-state index in [1.165, 1.54) is 19.2 Å². The first kappa shape index (κ1) is 15.7. The fourth-order valence-electron chi connectivity index (χ4n) is 1.29. The molecule has 0 radical (unpaired) electrons. The Hall–Kier alpha value is -1.39. The molecule has 0 spiro atoms. The summed E-state index contributed by atoms with van der Waals surface area (Å²) >= 11 is 0. The number of rotatable bonds is 5. The highest BCUT2D eigenvalue weighted by atomic mass is 32.2. The zero-order valence-electron chi connectivity index (χ0n) is 11.0. The predicted molar refractivity (Wildman–Crippen MR) is 74.0 cm³/mol. The van der Waals surface area contributed by atoms with Crippen molar-refractivity contribution in [1.29, 1.82) is 0 Å². The first-order chi connectivity index (χ1) is 8.99. The van der Waals surface area contributed by atoms with Crippen LogP contribution in [-0.4, -0.2) is 34.7 Å². The van der Waals surface area contributed by atoms with E-state index in [9.17, 15) is 8.42 Å². The third kappa shape index (κ3) is 5.01. The van der Waals surface area contributed by atoms with Gasteiger partial charge in [0.05, 0.1) is 17.5 Å². The Labute approximate surface area is 114 Å². The maximum absolute atomic E-state index is 12.0. The van der Waals surface area contributed by atoms with E-state index in [1.807, 2.05) is 0 Å². The molecule has 0 saturated heterocycles. The number of sulfonamides is 1. The van der Waals surface area contributed by atoms with Crippen molar-refractivity contribution in [3.05, 3.63) is 29.8 Å². The van der Waals surface area contributed by atoms with Crippen LogP contribution < -0.4 is 10.5 Å². The summed E-state index contributed by atoms with van der Waals surface area (Å²) in [5.74, 6) is 5.49. The molecule has 3 N–H and O–H groups in total. The Balaban J connectivity index is 2.89. The van der Waals surface area contributed by atoms with Gasteiger partial charge in [0.2, 0.25) is 10.0 Å². The Morgan fingerprint density at radius 2 is 2.21 bits per heavy atom. The first-order valence-electron chi connectivity index (χ1n) is 5.81. The van der Waals surface area contributed by atoms with E-state index in [4.69, 9.17) is 10.5 Å². The summed E-state index contributed by atoms with van der Waals surface area (Å²) < 4.78 is 31.6. The third-order valence-electron chi connectivity index (χ3n) is 2.44. The fraction of sp³-hybridized carbons (Fsp3) is 0.385. The van der Waals surface area contributed by atoms with E-state index in [0.717, 1.165) is 0 Å². The lowest BCUT2D eigenvalue weighted by Gasteiger charge is -2.11. The third-order valence-corrected chi connectivity index (χ3v) is 3.86. The van der Waals surface area contributed by atoms with E-state index in [0.29, 0.717) is 5.56 Å². The molecule has 1 aromatic rings. The summed E-state index contributed by atoms with van der Waals surface area (Å²) in [5, 5.41) is 0. The first-order valence-corrected chi connectivity index (χ1v) is 7.29. The van der Waals surface area contributed by atoms with Crippen molar-refractivity contribution in [3.8, 4) is 11.8 Å². The van der Waals surface area contributed by atoms with Crippen molar-refractivity contribution in [2.45, 2.75) is 17.9 Å². The lowest BCUT2D eigenvalue weighted by molar-refractivity contribution is 0.122. The Morgan fingerprint density at radius 1 is 1.47 bits per heavy atom. The van der Waals surface area contributed by atoms with Crippen LogP contribution in [0.4, 0.5) is 0 Å². The van der Waals surface area contributed by atoms with Gasteiger partial charge in [-0.3, -0.25) is 0 Å². The lowest BCUT2D eigenvalue weighted by Crippen LogP contribution is -2.31. The molecular formula is C13H18N2O3S. The fourth-order valence-corrected chi connectivity index (χ4v) is 2.45. The normalized spacial score (nSPS) is 12.6. The number of nitrogens with two attached hydrogens (primary N) is 1. The van der Waals surface area contributed by atoms with Gasteiger partial charge >= 0.3 is 0 Å². The lowest BCUT2D eigenvalue weighted by atomic mass is 10.2. The highest BCUT2D eigenvalue weighted by Gasteiger charge is 2.15. The van der Waals surface area contributed by atoms with Gasteiger partial charge in [-0.1, -0.05) is 17.9 Å². The molecule has 1 unspecified atom stereocenters. The van der Waals surface area contributed by atoms with Gasteiger partial charge in [0.1, 0.15) is 0 Å². The summed E-state index contributed by atoms with van der Waals surface area (Å²) in [6.07, 6.45) is -0.185. The topological polar surface area (TPSA) is 81.4 Å². The zero-order valence-corrected chi connectivity index (χ0v) is 11.8. The van der Waals surface area contributed by atoms with Crippen LogP contribution in [0.5, 0.6) is 0 Å². The molecule has 0 aliphatic rings. The van der Waals surface area contributed by atoms with Gasteiger partial charge in [0.25, 0.3) is 0 Å². The summed E-state index contributed by atoms with van der Waals surface area (Å²) in [6.45, 7) is 2.24. The maximum Gasteiger partial charge on any atom is 0.240 e. The minimum atomic E-state index is -3.54. The Kier molecular flexibility index (Phi) is 5.99. The summed E-state index contributed by atoms with van der Waals surface area (Å²) in [6, 6.07) is 6.42. The second kappa shape index (κ2) is 7.26. The van der Waals surface area contributed by atoms with Gasteiger partial charge in [-0.2, -0.15) is 0 Å². The average Bonchev–Trinajstić information content (AvgIpc) is 2.43. The molecule has 1 rings (SSSR count). The van der Waals surface area contributed by atoms with Crippen LogP contribution >= 0.6 is 0 Å². The van der Waals surface area contributed by atoms with Gasteiger partial charge < -0.3 is 10.5 Å². The van der Waals surface area contributed by atoms with Gasteiger partial charge in [0, 0.05) is 19.2 Å². The minimum Gasteiger partial charge on any atom is -0.380 e. The number of ether oxygens (including phenoxy) is 1. The second-order valence-electron chi connectivity index (χ2n) is 3.93. The molecule has 0 aliphatic heterocycles. The molecule has 0 aromatic heterocycles. The van der Waals surface area contributed by atoms with E-state index in [2.05, 4.69) is 16.6 Å².